The summed E-state index contributed by atoms with van der Waals surface area (Å²) in [6.45, 7) is 3.40. The Morgan fingerprint density at radius 3 is 3.16 bits per heavy atom. The van der Waals surface area contributed by atoms with Gasteiger partial charge in [0.2, 0.25) is 5.91 Å². The number of likely N-dealkylation sites (N-methyl/N-ethyl adjacent to an activating group) is 2. The molecular formula is C14H22N4O. The fraction of sp³-hybridized carbons (Fsp3) is 0.571. The Morgan fingerprint density at radius 2 is 2.47 bits per heavy atom. The van der Waals surface area contributed by atoms with Crippen LogP contribution in [0.1, 0.15) is 5.56 Å². The molecule has 0 bridgehead atoms. The van der Waals surface area contributed by atoms with Gasteiger partial charge in [0.05, 0.1) is 6.04 Å². The van der Waals surface area contributed by atoms with E-state index in [1.54, 1.807) is 6.20 Å². The molecule has 1 fully saturated rings. The van der Waals surface area contributed by atoms with Gasteiger partial charge in [-0.25, -0.2) is 0 Å². The van der Waals surface area contributed by atoms with E-state index in [0.717, 1.165) is 38.2 Å². The number of pyridine rings is 1. The molecule has 1 aromatic rings. The zero-order valence-corrected chi connectivity index (χ0v) is 11.7. The first-order valence-electron chi connectivity index (χ1n) is 6.72. The van der Waals surface area contributed by atoms with Crippen molar-refractivity contribution < 1.29 is 4.79 Å². The molecule has 19 heavy (non-hydrogen) atoms. The highest BCUT2D eigenvalue weighted by molar-refractivity contribution is 5.82. The molecule has 0 aromatic carbocycles. The lowest BCUT2D eigenvalue weighted by Gasteiger charge is -2.32. The summed E-state index contributed by atoms with van der Waals surface area (Å²) in [6.07, 6.45) is 4.46. The van der Waals surface area contributed by atoms with Crippen LogP contribution in [0.15, 0.2) is 24.5 Å². The quantitative estimate of drug-likeness (QED) is 0.829. The van der Waals surface area contributed by atoms with Crippen LogP contribution in [0, 0.1) is 0 Å². The van der Waals surface area contributed by atoms with Crippen LogP contribution in [0.25, 0.3) is 0 Å². The van der Waals surface area contributed by atoms with Gasteiger partial charge in [0, 0.05) is 45.6 Å². The van der Waals surface area contributed by atoms with Crippen LogP contribution in [0.2, 0.25) is 0 Å². The minimum absolute atomic E-state index is 0.0716. The Kier molecular flexibility index (Phi) is 4.87. The summed E-state index contributed by atoms with van der Waals surface area (Å²) in [7, 11) is 3.92. The van der Waals surface area contributed by atoms with E-state index in [2.05, 4.69) is 22.2 Å². The van der Waals surface area contributed by atoms with Crippen molar-refractivity contribution in [2.24, 2.45) is 0 Å². The molecule has 5 nitrogen and oxygen atoms in total. The highest BCUT2D eigenvalue weighted by atomic mass is 16.2. The number of rotatable bonds is 4. The monoisotopic (exact) mass is 262 g/mol. The van der Waals surface area contributed by atoms with Crippen molar-refractivity contribution in [3.63, 3.8) is 0 Å². The summed E-state index contributed by atoms with van der Waals surface area (Å²) < 4.78 is 0. The number of piperazine rings is 1. The van der Waals surface area contributed by atoms with Crippen molar-refractivity contribution >= 4 is 5.91 Å². The molecule has 104 valence electrons. The lowest BCUT2D eigenvalue weighted by atomic mass is 10.1. The van der Waals surface area contributed by atoms with Crippen LogP contribution in [-0.2, 0) is 11.2 Å². The Labute approximate surface area is 114 Å². The summed E-state index contributed by atoms with van der Waals surface area (Å²) in [6, 6.07) is 3.89. The fourth-order valence-corrected chi connectivity index (χ4v) is 2.28. The van der Waals surface area contributed by atoms with Gasteiger partial charge in [-0.15, -0.1) is 0 Å². The van der Waals surface area contributed by atoms with Gasteiger partial charge in [-0.2, -0.15) is 0 Å². The molecule has 5 heteroatoms. The maximum atomic E-state index is 12.3. The van der Waals surface area contributed by atoms with Crippen molar-refractivity contribution in [2.75, 3.05) is 40.3 Å². The van der Waals surface area contributed by atoms with Crippen molar-refractivity contribution in [3.05, 3.63) is 30.1 Å². The minimum Gasteiger partial charge on any atom is -0.344 e. The summed E-state index contributed by atoms with van der Waals surface area (Å²) in [4.78, 5) is 20.4. The van der Waals surface area contributed by atoms with Crippen LogP contribution in [0.4, 0.5) is 0 Å². The average Bonchev–Trinajstić information content (AvgIpc) is 2.45. The minimum atomic E-state index is -0.0716. The van der Waals surface area contributed by atoms with E-state index in [4.69, 9.17) is 0 Å². The molecule has 1 unspecified atom stereocenters. The summed E-state index contributed by atoms with van der Waals surface area (Å²) in [5.41, 5.74) is 1.16. The number of nitrogens with one attached hydrogen (secondary N) is 1. The maximum Gasteiger partial charge on any atom is 0.240 e. The lowest BCUT2D eigenvalue weighted by Crippen LogP contribution is -2.56. The van der Waals surface area contributed by atoms with Crippen LogP contribution in [-0.4, -0.2) is 67.0 Å². The molecule has 1 N–H and O–H groups in total. The van der Waals surface area contributed by atoms with Crippen molar-refractivity contribution in [2.45, 2.75) is 12.5 Å². The van der Waals surface area contributed by atoms with E-state index in [0.29, 0.717) is 0 Å². The second-order valence-electron chi connectivity index (χ2n) is 5.14. The number of hydrogen-bond donors (Lipinski definition) is 1. The van der Waals surface area contributed by atoms with Gasteiger partial charge in [-0.3, -0.25) is 9.78 Å². The molecule has 0 radical (unpaired) electrons. The summed E-state index contributed by atoms with van der Waals surface area (Å²) >= 11 is 0. The topological polar surface area (TPSA) is 48.5 Å². The summed E-state index contributed by atoms with van der Waals surface area (Å²) in [5, 5.41) is 3.28. The summed E-state index contributed by atoms with van der Waals surface area (Å²) in [5.74, 6) is 0.176. The molecule has 2 rings (SSSR count). The predicted octanol–water partition coefficient (Wildman–Crippen LogP) is -0.0139. The lowest BCUT2D eigenvalue weighted by molar-refractivity contribution is -0.133. The van der Waals surface area contributed by atoms with Gasteiger partial charge >= 0.3 is 0 Å². The van der Waals surface area contributed by atoms with E-state index in [1.807, 2.05) is 30.3 Å². The van der Waals surface area contributed by atoms with E-state index >= 15 is 0 Å². The molecule has 0 aliphatic carbocycles. The highest BCUT2D eigenvalue weighted by Crippen LogP contribution is 2.03. The molecule has 2 heterocycles. The van der Waals surface area contributed by atoms with E-state index in [9.17, 15) is 4.79 Å². The van der Waals surface area contributed by atoms with E-state index in [-0.39, 0.29) is 11.9 Å². The second kappa shape index (κ2) is 6.63. The van der Waals surface area contributed by atoms with Crippen molar-refractivity contribution in [1.29, 1.82) is 0 Å². The molecular weight excluding hydrogens is 240 g/mol. The molecule has 0 saturated carbocycles. The third-order valence-corrected chi connectivity index (χ3v) is 3.51. The molecule has 1 saturated heterocycles. The maximum absolute atomic E-state index is 12.3. The third kappa shape index (κ3) is 4.01. The van der Waals surface area contributed by atoms with Crippen LogP contribution >= 0.6 is 0 Å². The largest absolute Gasteiger partial charge is 0.344 e. The Hall–Kier alpha value is -1.46. The van der Waals surface area contributed by atoms with Crippen LogP contribution in [0.3, 0.4) is 0 Å². The third-order valence-electron chi connectivity index (χ3n) is 3.51. The number of amides is 1. The molecule has 1 aliphatic heterocycles. The first kappa shape index (κ1) is 14.0. The van der Waals surface area contributed by atoms with Gasteiger partial charge in [0.1, 0.15) is 0 Å². The Balaban J connectivity index is 1.82. The van der Waals surface area contributed by atoms with Gasteiger partial charge < -0.3 is 15.1 Å². The fourth-order valence-electron chi connectivity index (χ4n) is 2.28. The van der Waals surface area contributed by atoms with Crippen LogP contribution < -0.4 is 5.32 Å². The normalized spacial score (nSPS) is 20.2. The van der Waals surface area contributed by atoms with Gasteiger partial charge in [-0.05, 0) is 25.1 Å². The van der Waals surface area contributed by atoms with E-state index < -0.39 is 0 Å². The van der Waals surface area contributed by atoms with Crippen molar-refractivity contribution in [1.82, 2.24) is 20.1 Å². The molecule has 1 atom stereocenters. The average molecular weight is 262 g/mol. The number of aromatic nitrogens is 1. The molecule has 1 aliphatic rings. The highest BCUT2D eigenvalue weighted by Gasteiger charge is 2.25. The standard InChI is InChI=1S/C14H22N4O/c1-17-9-7-16-13(11-17)14(19)18(2)8-5-12-4-3-6-15-10-12/h3-4,6,10,13,16H,5,7-9,11H2,1-2H3. The Bertz CT molecular complexity index is 409. The van der Waals surface area contributed by atoms with Gasteiger partial charge in [-0.1, -0.05) is 6.07 Å². The van der Waals surface area contributed by atoms with Crippen LogP contribution in [0.5, 0.6) is 0 Å². The SMILES string of the molecule is CN1CCNC(C(=O)N(C)CCc2cccnc2)C1. The molecule has 0 spiro atoms. The number of carbonyl (C=O) groups excluding carboxylic acids is 1. The molecule has 1 aromatic heterocycles. The van der Waals surface area contributed by atoms with E-state index in [1.165, 1.54) is 0 Å². The number of nitrogens with zero attached hydrogens (tertiary/aromatic N) is 3. The molecule has 1 amide bonds. The first-order valence-corrected chi connectivity index (χ1v) is 6.72. The van der Waals surface area contributed by atoms with Gasteiger partial charge in [0.15, 0.2) is 0 Å². The van der Waals surface area contributed by atoms with Gasteiger partial charge in [0.25, 0.3) is 0 Å². The number of hydrogen-bond acceptors (Lipinski definition) is 4. The number of carbonyl (C=O) groups is 1. The predicted molar refractivity (Wildman–Crippen MR) is 74.9 cm³/mol. The first-order chi connectivity index (χ1) is 9.16. The smallest absolute Gasteiger partial charge is 0.240 e. The second-order valence-corrected chi connectivity index (χ2v) is 5.14. The van der Waals surface area contributed by atoms with Crippen molar-refractivity contribution in [3.8, 4) is 0 Å². The Morgan fingerprint density at radius 1 is 1.63 bits per heavy atom. The zero-order valence-electron chi connectivity index (χ0n) is 11.7. The zero-order chi connectivity index (χ0) is 13.7.